The van der Waals surface area contributed by atoms with Crippen LogP contribution in [0.25, 0.3) is 10.9 Å². The quantitative estimate of drug-likeness (QED) is 0.296. The van der Waals surface area contributed by atoms with Gasteiger partial charge in [0, 0.05) is 54.9 Å². The van der Waals surface area contributed by atoms with Crippen LogP contribution in [0.4, 0.5) is 11.4 Å². The summed E-state index contributed by atoms with van der Waals surface area (Å²) in [6, 6.07) is 17.3. The van der Waals surface area contributed by atoms with E-state index >= 15 is 0 Å². The number of anilines is 2. The summed E-state index contributed by atoms with van der Waals surface area (Å²) >= 11 is 1.31. The predicted octanol–water partition coefficient (Wildman–Crippen LogP) is 4.92. The van der Waals surface area contributed by atoms with Crippen molar-refractivity contribution in [2.24, 2.45) is 7.05 Å². The van der Waals surface area contributed by atoms with Crippen molar-refractivity contribution < 1.29 is 9.59 Å². The molecule has 1 aliphatic rings. The van der Waals surface area contributed by atoms with Gasteiger partial charge in [0.15, 0.2) is 5.82 Å². The Hall–Kier alpha value is -3.65. The van der Waals surface area contributed by atoms with Crippen molar-refractivity contribution in [2.75, 3.05) is 29.1 Å². The minimum Gasteiger partial charge on any atom is -0.372 e. The average molecular weight is 486 g/mol. The van der Waals surface area contributed by atoms with Crippen LogP contribution in [-0.4, -0.2) is 45.1 Å². The van der Waals surface area contributed by atoms with Gasteiger partial charge in [0.25, 0.3) is 0 Å². The summed E-state index contributed by atoms with van der Waals surface area (Å²) in [7, 11) is 1.79. The standard InChI is InChI=1S/C27H27N5O2S/c1-31-16-13-28-27(31)26(34)22-17-25(30-23-8-4-3-7-21(22)23)35-18-24(33)29-19-9-11-20(12-10-19)32-14-5-2-6-15-32/h3-4,7-13,16-17H,2,5-6,14-15,18H2,1H3,(H,29,33). The first kappa shape index (κ1) is 23.1. The van der Waals surface area contributed by atoms with Crippen molar-refractivity contribution in [1.29, 1.82) is 0 Å². The Balaban J connectivity index is 1.28. The first-order valence-corrected chi connectivity index (χ1v) is 12.8. The van der Waals surface area contributed by atoms with Gasteiger partial charge in [0.05, 0.1) is 16.3 Å². The van der Waals surface area contributed by atoms with Gasteiger partial charge in [-0.1, -0.05) is 30.0 Å². The molecule has 0 unspecified atom stereocenters. The third-order valence-electron chi connectivity index (χ3n) is 6.18. The number of thioether (sulfide) groups is 1. The minimum absolute atomic E-state index is 0.118. The maximum atomic E-state index is 13.2. The Bertz CT molecular complexity index is 1360. The van der Waals surface area contributed by atoms with Crippen molar-refractivity contribution in [3.05, 3.63) is 78.4 Å². The number of nitrogens with zero attached hydrogens (tertiary/aromatic N) is 4. The fourth-order valence-corrected chi connectivity index (χ4v) is 5.08. The van der Waals surface area contributed by atoms with E-state index in [0.717, 1.165) is 24.2 Å². The zero-order valence-electron chi connectivity index (χ0n) is 19.6. The summed E-state index contributed by atoms with van der Waals surface area (Å²) in [5, 5.41) is 4.35. The van der Waals surface area contributed by atoms with Crippen LogP contribution in [-0.2, 0) is 11.8 Å². The number of benzene rings is 2. The molecule has 178 valence electrons. The van der Waals surface area contributed by atoms with Crippen molar-refractivity contribution in [3.63, 3.8) is 0 Å². The normalized spacial score (nSPS) is 13.7. The number of piperidine rings is 1. The number of hydrogen-bond donors (Lipinski definition) is 1. The Morgan fingerprint density at radius 2 is 1.80 bits per heavy atom. The van der Waals surface area contributed by atoms with Crippen LogP contribution in [0.15, 0.2) is 72.0 Å². The maximum absolute atomic E-state index is 13.2. The second-order valence-corrected chi connectivity index (χ2v) is 9.64. The van der Waals surface area contributed by atoms with E-state index in [2.05, 4.69) is 32.3 Å². The average Bonchev–Trinajstić information content (AvgIpc) is 3.33. The topological polar surface area (TPSA) is 80.1 Å². The lowest BCUT2D eigenvalue weighted by atomic mass is 10.1. The van der Waals surface area contributed by atoms with E-state index in [1.165, 1.54) is 36.7 Å². The molecule has 0 radical (unpaired) electrons. The first-order valence-electron chi connectivity index (χ1n) is 11.8. The van der Waals surface area contributed by atoms with Gasteiger partial charge in [-0.05, 0) is 55.7 Å². The zero-order chi connectivity index (χ0) is 24.2. The number of rotatable bonds is 7. The summed E-state index contributed by atoms with van der Waals surface area (Å²) in [4.78, 5) is 37.1. The molecule has 3 heterocycles. The van der Waals surface area contributed by atoms with E-state index in [0.29, 0.717) is 21.9 Å². The first-order chi connectivity index (χ1) is 17.1. The molecule has 8 heteroatoms. The largest absolute Gasteiger partial charge is 0.372 e. The van der Waals surface area contributed by atoms with E-state index in [9.17, 15) is 9.59 Å². The second-order valence-electron chi connectivity index (χ2n) is 8.65. The number of carbonyl (C=O) groups excluding carboxylic acids is 2. The molecule has 0 atom stereocenters. The SMILES string of the molecule is Cn1ccnc1C(=O)c1cc(SCC(=O)Nc2ccc(N3CCCCC3)cc2)nc2ccccc12. The fourth-order valence-electron chi connectivity index (χ4n) is 4.36. The molecule has 5 rings (SSSR count). The molecule has 4 aromatic rings. The third-order valence-corrected chi connectivity index (χ3v) is 7.10. The number of nitrogens with one attached hydrogen (secondary N) is 1. The van der Waals surface area contributed by atoms with Gasteiger partial charge in [0.1, 0.15) is 0 Å². The number of aromatic nitrogens is 3. The van der Waals surface area contributed by atoms with Crippen LogP contribution >= 0.6 is 11.8 Å². The number of carbonyl (C=O) groups is 2. The molecule has 2 aromatic heterocycles. The summed E-state index contributed by atoms with van der Waals surface area (Å²) in [6.45, 7) is 2.18. The van der Waals surface area contributed by atoms with E-state index in [-0.39, 0.29) is 17.4 Å². The summed E-state index contributed by atoms with van der Waals surface area (Å²) in [5.74, 6) is 0.266. The lowest BCUT2D eigenvalue weighted by Gasteiger charge is -2.28. The lowest BCUT2D eigenvalue weighted by molar-refractivity contribution is -0.113. The van der Waals surface area contributed by atoms with Gasteiger partial charge in [-0.2, -0.15) is 0 Å². The van der Waals surface area contributed by atoms with E-state index in [4.69, 9.17) is 0 Å². The van der Waals surface area contributed by atoms with Gasteiger partial charge in [-0.15, -0.1) is 0 Å². The molecule has 1 aliphatic heterocycles. The summed E-state index contributed by atoms with van der Waals surface area (Å²) in [5.41, 5.74) is 3.21. The number of aryl methyl sites for hydroxylation is 1. The predicted molar refractivity (Wildman–Crippen MR) is 140 cm³/mol. The third kappa shape index (κ3) is 5.22. The number of amides is 1. The highest BCUT2D eigenvalue weighted by Crippen LogP contribution is 2.26. The summed E-state index contributed by atoms with van der Waals surface area (Å²) < 4.78 is 1.70. The Morgan fingerprint density at radius 3 is 2.54 bits per heavy atom. The molecule has 0 bridgehead atoms. The number of ketones is 1. The Morgan fingerprint density at radius 1 is 1.03 bits per heavy atom. The van der Waals surface area contributed by atoms with Gasteiger partial charge >= 0.3 is 0 Å². The molecule has 0 spiro atoms. The summed E-state index contributed by atoms with van der Waals surface area (Å²) in [6.07, 6.45) is 7.11. The maximum Gasteiger partial charge on any atom is 0.234 e. The molecule has 1 amide bonds. The number of fused-ring (bicyclic) bond motifs is 1. The molecule has 0 saturated carbocycles. The van der Waals surface area contributed by atoms with Crippen LogP contribution in [0.5, 0.6) is 0 Å². The van der Waals surface area contributed by atoms with Gasteiger partial charge in [-0.25, -0.2) is 9.97 Å². The van der Waals surface area contributed by atoms with E-state index in [1.54, 1.807) is 30.1 Å². The Labute approximate surface area is 208 Å². The number of pyridine rings is 1. The zero-order valence-corrected chi connectivity index (χ0v) is 20.4. The minimum atomic E-state index is -0.170. The second kappa shape index (κ2) is 10.3. The molecule has 7 nitrogen and oxygen atoms in total. The molecule has 35 heavy (non-hydrogen) atoms. The number of hydrogen-bond acceptors (Lipinski definition) is 6. The van der Waals surface area contributed by atoms with Gasteiger partial charge < -0.3 is 14.8 Å². The van der Waals surface area contributed by atoms with Crippen LogP contribution in [0.2, 0.25) is 0 Å². The van der Waals surface area contributed by atoms with Crippen LogP contribution in [0.3, 0.4) is 0 Å². The van der Waals surface area contributed by atoms with Crippen molar-refractivity contribution >= 4 is 45.7 Å². The molecule has 1 N–H and O–H groups in total. The highest BCUT2D eigenvalue weighted by molar-refractivity contribution is 7.99. The van der Waals surface area contributed by atoms with Crippen molar-refractivity contribution in [2.45, 2.75) is 24.3 Å². The molecular weight excluding hydrogens is 458 g/mol. The number of imidazole rings is 1. The number of para-hydroxylation sites is 1. The van der Waals surface area contributed by atoms with E-state index in [1.807, 2.05) is 36.4 Å². The van der Waals surface area contributed by atoms with Crippen LogP contribution in [0, 0.1) is 0 Å². The van der Waals surface area contributed by atoms with Gasteiger partial charge in [-0.3, -0.25) is 9.59 Å². The fraction of sp³-hybridized carbons (Fsp3) is 0.259. The van der Waals surface area contributed by atoms with Gasteiger partial charge in [0.2, 0.25) is 11.7 Å². The molecule has 1 fully saturated rings. The van der Waals surface area contributed by atoms with Crippen LogP contribution in [0.1, 0.15) is 35.4 Å². The molecule has 1 saturated heterocycles. The molecule has 0 aliphatic carbocycles. The monoisotopic (exact) mass is 485 g/mol. The Kier molecular flexibility index (Phi) is 6.81. The highest BCUT2D eigenvalue weighted by atomic mass is 32.2. The molecule has 2 aromatic carbocycles. The highest BCUT2D eigenvalue weighted by Gasteiger charge is 2.19. The smallest absolute Gasteiger partial charge is 0.234 e. The molecular formula is C27H27N5O2S. The van der Waals surface area contributed by atoms with Crippen LogP contribution < -0.4 is 10.2 Å². The van der Waals surface area contributed by atoms with E-state index < -0.39 is 0 Å². The van der Waals surface area contributed by atoms with Crippen molar-refractivity contribution in [3.8, 4) is 0 Å². The van der Waals surface area contributed by atoms with Crippen molar-refractivity contribution in [1.82, 2.24) is 14.5 Å². The lowest BCUT2D eigenvalue weighted by Crippen LogP contribution is -2.29.